The predicted octanol–water partition coefficient (Wildman–Crippen LogP) is 1.92. The van der Waals surface area contributed by atoms with E-state index in [9.17, 15) is 19.7 Å². The highest BCUT2D eigenvalue weighted by Gasteiger charge is 2.36. The summed E-state index contributed by atoms with van der Waals surface area (Å²) in [7, 11) is 1.51. The van der Waals surface area contributed by atoms with Crippen molar-refractivity contribution in [3.8, 4) is 5.75 Å². The SMILES string of the molecule is COc1ccc(N2N=C(c3cccc([N+](=O)[O-])c3)C(=O)C2=O)cc1. The van der Waals surface area contributed by atoms with Gasteiger partial charge in [0.1, 0.15) is 11.5 Å². The molecule has 1 amide bonds. The molecule has 8 nitrogen and oxygen atoms in total. The Morgan fingerprint density at radius 2 is 1.83 bits per heavy atom. The van der Waals surface area contributed by atoms with Crippen LogP contribution < -0.4 is 9.75 Å². The minimum absolute atomic E-state index is 0.125. The average Bonchev–Trinajstić information content (AvgIpc) is 2.90. The predicted molar refractivity (Wildman–Crippen MR) is 85.1 cm³/mol. The number of ketones is 1. The monoisotopic (exact) mass is 325 g/mol. The number of ether oxygens (including phenoxy) is 1. The van der Waals surface area contributed by atoms with Crippen LogP contribution in [0.2, 0.25) is 0 Å². The Balaban J connectivity index is 1.99. The fourth-order valence-corrected chi connectivity index (χ4v) is 2.24. The van der Waals surface area contributed by atoms with Gasteiger partial charge >= 0.3 is 5.91 Å². The van der Waals surface area contributed by atoms with E-state index in [1.54, 1.807) is 24.3 Å². The van der Waals surface area contributed by atoms with Crippen LogP contribution in [0.25, 0.3) is 0 Å². The topological polar surface area (TPSA) is 102 Å². The molecule has 0 aromatic heterocycles. The summed E-state index contributed by atoms with van der Waals surface area (Å²) in [5.74, 6) is -1.03. The standard InChI is InChI=1S/C16H11N3O5/c1-24-13-7-5-11(6-8-13)18-16(21)15(20)14(17-18)10-3-2-4-12(9-10)19(22)23/h2-9H,1H3. The van der Waals surface area contributed by atoms with Gasteiger partial charge in [0.05, 0.1) is 17.7 Å². The highest BCUT2D eigenvalue weighted by Crippen LogP contribution is 2.24. The molecule has 0 radical (unpaired) electrons. The fourth-order valence-electron chi connectivity index (χ4n) is 2.24. The number of nitrogens with zero attached hydrogens (tertiary/aromatic N) is 3. The molecular weight excluding hydrogens is 314 g/mol. The van der Waals surface area contributed by atoms with Crippen molar-refractivity contribution in [2.24, 2.45) is 5.10 Å². The number of Topliss-reactive ketones (excluding diaryl/α,β-unsaturated/α-hetero) is 1. The summed E-state index contributed by atoms with van der Waals surface area (Å²) in [4.78, 5) is 34.6. The van der Waals surface area contributed by atoms with Crippen molar-refractivity contribution in [3.63, 3.8) is 0 Å². The largest absolute Gasteiger partial charge is 0.497 e. The second-order valence-electron chi connectivity index (χ2n) is 4.90. The van der Waals surface area contributed by atoms with Gasteiger partial charge in [-0.3, -0.25) is 19.7 Å². The number of carbonyl (C=O) groups excluding carboxylic acids is 2. The smallest absolute Gasteiger partial charge is 0.321 e. The second kappa shape index (κ2) is 5.92. The van der Waals surface area contributed by atoms with Crippen LogP contribution in [0.3, 0.4) is 0 Å². The van der Waals surface area contributed by atoms with Crippen molar-refractivity contribution in [2.45, 2.75) is 0 Å². The summed E-state index contributed by atoms with van der Waals surface area (Å²) < 4.78 is 5.04. The number of nitro groups is 1. The molecule has 0 N–H and O–H groups in total. The molecule has 0 saturated carbocycles. The van der Waals surface area contributed by atoms with E-state index in [-0.39, 0.29) is 17.0 Å². The van der Waals surface area contributed by atoms with Crippen LogP contribution >= 0.6 is 0 Å². The Kier molecular flexibility index (Phi) is 3.78. The first-order valence-corrected chi connectivity index (χ1v) is 6.87. The van der Waals surface area contributed by atoms with Crippen LogP contribution in [0.15, 0.2) is 53.6 Å². The molecule has 3 rings (SSSR count). The van der Waals surface area contributed by atoms with E-state index in [2.05, 4.69) is 5.10 Å². The molecule has 0 spiro atoms. The van der Waals surface area contributed by atoms with Gasteiger partial charge in [-0.1, -0.05) is 12.1 Å². The number of hydrazone groups is 1. The van der Waals surface area contributed by atoms with Crippen LogP contribution in [0.1, 0.15) is 5.56 Å². The molecule has 0 aliphatic carbocycles. The summed E-state index contributed by atoms with van der Waals surface area (Å²) in [6.07, 6.45) is 0. The first-order valence-electron chi connectivity index (χ1n) is 6.87. The second-order valence-corrected chi connectivity index (χ2v) is 4.90. The third kappa shape index (κ3) is 2.60. The molecule has 120 valence electrons. The number of rotatable bonds is 4. The molecule has 1 heterocycles. The van der Waals surface area contributed by atoms with Crippen LogP contribution in [0.5, 0.6) is 5.75 Å². The number of hydrogen-bond acceptors (Lipinski definition) is 6. The number of anilines is 1. The molecule has 0 unspecified atom stereocenters. The maximum atomic E-state index is 12.2. The highest BCUT2D eigenvalue weighted by atomic mass is 16.6. The van der Waals surface area contributed by atoms with Gasteiger partial charge < -0.3 is 4.74 Å². The van der Waals surface area contributed by atoms with Gasteiger partial charge in [-0.05, 0) is 24.3 Å². The van der Waals surface area contributed by atoms with Gasteiger partial charge in [0.2, 0.25) is 0 Å². The number of nitro benzene ring substituents is 1. The first-order chi connectivity index (χ1) is 11.5. The van der Waals surface area contributed by atoms with Gasteiger partial charge in [-0.15, -0.1) is 0 Å². The van der Waals surface area contributed by atoms with Crippen molar-refractivity contribution in [3.05, 3.63) is 64.2 Å². The molecule has 8 heteroatoms. The lowest BCUT2D eigenvalue weighted by Crippen LogP contribution is -2.27. The lowest BCUT2D eigenvalue weighted by atomic mass is 10.1. The van der Waals surface area contributed by atoms with Gasteiger partial charge in [-0.2, -0.15) is 10.1 Å². The Labute approximate surface area is 136 Å². The lowest BCUT2D eigenvalue weighted by Gasteiger charge is -2.10. The van der Waals surface area contributed by atoms with Crippen molar-refractivity contribution in [2.75, 3.05) is 12.1 Å². The minimum Gasteiger partial charge on any atom is -0.497 e. The Hall–Kier alpha value is -3.55. The van der Waals surface area contributed by atoms with Crippen LogP contribution in [0, 0.1) is 10.1 Å². The third-order valence-electron chi connectivity index (χ3n) is 3.45. The number of amides is 1. The van der Waals surface area contributed by atoms with Crippen molar-refractivity contribution in [1.29, 1.82) is 0 Å². The van der Waals surface area contributed by atoms with Gasteiger partial charge in [0, 0.05) is 17.7 Å². The van der Waals surface area contributed by atoms with E-state index in [1.807, 2.05) is 0 Å². The maximum absolute atomic E-state index is 12.2. The Morgan fingerprint density at radius 3 is 2.46 bits per heavy atom. The zero-order chi connectivity index (χ0) is 17.3. The number of methoxy groups -OCH3 is 1. The normalized spacial score (nSPS) is 13.9. The van der Waals surface area contributed by atoms with E-state index in [0.29, 0.717) is 11.4 Å². The van der Waals surface area contributed by atoms with Crippen molar-refractivity contribution >= 4 is 28.8 Å². The van der Waals surface area contributed by atoms with E-state index in [4.69, 9.17) is 4.74 Å². The summed E-state index contributed by atoms with van der Waals surface area (Å²) >= 11 is 0. The van der Waals surface area contributed by atoms with E-state index in [0.717, 1.165) is 5.01 Å². The quantitative estimate of drug-likeness (QED) is 0.485. The molecule has 1 aliphatic heterocycles. The number of benzene rings is 2. The number of hydrogen-bond donors (Lipinski definition) is 0. The summed E-state index contributed by atoms with van der Waals surface area (Å²) in [6, 6.07) is 11.9. The molecule has 0 saturated heterocycles. The van der Waals surface area contributed by atoms with E-state index >= 15 is 0 Å². The number of non-ortho nitro benzene ring substituents is 1. The van der Waals surface area contributed by atoms with Crippen molar-refractivity contribution in [1.82, 2.24) is 0 Å². The molecule has 2 aromatic rings. The highest BCUT2D eigenvalue weighted by molar-refractivity contribution is 6.72. The summed E-state index contributed by atoms with van der Waals surface area (Å²) in [5.41, 5.74) is 0.311. The van der Waals surface area contributed by atoms with Gasteiger partial charge in [0.25, 0.3) is 11.5 Å². The molecule has 0 bridgehead atoms. The summed E-state index contributed by atoms with van der Waals surface area (Å²) in [5, 5.41) is 15.9. The molecule has 24 heavy (non-hydrogen) atoms. The zero-order valence-corrected chi connectivity index (χ0v) is 12.5. The van der Waals surface area contributed by atoms with E-state index in [1.165, 1.54) is 31.4 Å². The maximum Gasteiger partial charge on any atom is 0.321 e. The lowest BCUT2D eigenvalue weighted by molar-refractivity contribution is -0.384. The van der Waals surface area contributed by atoms with Crippen LogP contribution in [-0.2, 0) is 9.59 Å². The number of carbonyl (C=O) groups is 2. The van der Waals surface area contributed by atoms with Crippen LogP contribution in [-0.4, -0.2) is 29.4 Å². The van der Waals surface area contributed by atoms with Crippen LogP contribution in [0.4, 0.5) is 11.4 Å². The Bertz CT molecular complexity index is 874. The molecule has 2 aromatic carbocycles. The minimum atomic E-state index is -0.818. The fraction of sp³-hybridized carbons (Fsp3) is 0.0625. The zero-order valence-electron chi connectivity index (χ0n) is 12.5. The Morgan fingerprint density at radius 1 is 1.12 bits per heavy atom. The third-order valence-corrected chi connectivity index (χ3v) is 3.45. The molecular formula is C16H11N3O5. The molecule has 0 fully saturated rings. The molecule has 1 aliphatic rings. The average molecular weight is 325 g/mol. The van der Waals surface area contributed by atoms with Gasteiger partial charge in [-0.25, -0.2) is 0 Å². The first kappa shape index (κ1) is 15.3. The van der Waals surface area contributed by atoms with E-state index < -0.39 is 16.6 Å². The summed E-state index contributed by atoms with van der Waals surface area (Å²) in [6.45, 7) is 0. The molecule has 0 atom stereocenters. The van der Waals surface area contributed by atoms with Crippen molar-refractivity contribution < 1.29 is 19.2 Å². The van der Waals surface area contributed by atoms with Gasteiger partial charge in [0.15, 0.2) is 0 Å².